The Morgan fingerprint density at radius 3 is 2.88 bits per heavy atom. The molecule has 0 radical (unpaired) electrons. The van der Waals surface area contributed by atoms with Gasteiger partial charge in [-0.25, -0.2) is 4.98 Å². The van der Waals surface area contributed by atoms with Gasteiger partial charge in [-0.1, -0.05) is 24.3 Å². The number of hydrogen-bond acceptors (Lipinski definition) is 5. The smallest absolute Gasteiger partial charge is 0.264 e. The van der Waals surface area contributed by atoms with Crippen LogP contribution in [0.5, 0.6) is 5.75 Å². The van der Waals surface area contributed by atoms with Gasteiger partial charge < -0.3 is 10.5 Å². The maximum absolute atomic E-state index is 12.1. The lowest BCUT2D eigenvalue weighted by atomic mass is 10.1. The zero-order valence-corrected chi connectivity index (χ0v) is 14.9. The number of benzene rings is 2. The molecule has 6 heteroatoms. The van der Waals surface area contributed by atoms with Gasteiger partial charge in [-0.3, -0.25) is 10.1 Å². The standard InChI is InChI=1S/C19H19N3O2S/c1-12-6-7-13(2)17(8-12)24-10-18(23)22-19-21-16(11-25-19)14-4-3-5-15(20)9-14/h3-9,11H,10,20H2,1-2H3,(H,21,22,23). The lowest BCUT2D eigenvalue weighted by molar-refractivity contribution is -0.118. The summed E-state index contributed by atoms with van der Waals surface area (Å²) in [5.74, 6) is 0.476. The van der Waals surface area contributed by atoms with Gasteiger partial charge in [-0.2, -0.15) is 0 Å². The number of carbonyl (C=O) groups excluding carboxylic acids is 1. The van der Waals surface area contributed by atoms with Gasteiger partial charge >= 0.3 is 0 Å². The fraction of sp³-hybridized carbons (Fsp3) is 0.158. The summed E-state index contributed by atoms with van der Waals surface area (Å²) in [6, 6.07) is 13.4. The highest BCUT2D eigenvalue weighted by Crippen LogP contribution is 2.26. The third-order valence-electron chi connectivity index (χ3n) is 3.64. The second-order valence-electron chi connectivity index (χ2n) is 5.77. The van der Waals surface area contributed by atoms with Crippen LogP contribution in [0.3, 0.4) is 0 Å². The molecule has 0 spiro atoms. The predicted molar refractivity (Wildman–Crippen MR) is 102 cm³/mol. The van der Waals surface area contributed by atoms with Crippen LogP contribution in [-0.4, -0.2) is 17.5 Å². The van der Waals surface area contributed by atoms with E-state index in [1.54, 1.807) is 0 Å². The lowest BCUT2D eigenvalue weighted by Gasteiger charge is -2.09. The molecule has 0 aliphatic rings. The highest BCUT2D eigenvalue weighted by Gasteiger charge is 2.10. The van der Waals surface area contributed by atoms with Crippen LogP contribution in [0.1, 0.15) is 11.1 Å². The number of nitrogens with one attached hydrogen (secondary N) is 1. The van der Waals surface area contributed by atoms with Gasteiger partial charge in [0.15, 0.2) is 11.7 Å². The molecule has 3 N–H and O–H groups in total. The van der Waals surface area contributed by atoms with Gasteiger partial charge in [0.25, 0.3) is 5.91 Å². The third kappa shape index (κ3) is 4.36. The molecule has 0 saturated carbocycles. The number of anilines is 2. The van der Waals surface area contributed by atoms with Crippen LogP contribution in [0.2, 0.25) is 0 Å². The molecule has 0 bridgehead atoms. The molecular formula is C19H19N3O2S. The minimum absolute atomic E-state index is 0.0580. The molecule has 0 aliphatic carbocycles. The quantitative estimate of drug-likeness (QED) is 0.679. The molecule has 0 fully saturated rings. The molecule has 0 unspecified atom stereocenters. The average Bonchev–Trinajstić information content (AvgIpc) is 3.04. The van der Waals surface area contributed by atoms with E-state index < -0.39 is 0 Å². The Balaban J connectivity index is 1.61. The normalized spacial score (nSPS) is 10.5. The van der Waals surface area contributed by atoms with Crippen molar-refractivity contribution in [1.82, 2.24) is 4.98 Å². The van der Waals surface area contributed by atoms with Crippen molar-refractivity contribution < 1.29 is 9.53 Å². The van der Waals surface area contributed by atoms with Crippen LogP contribution >= 0.6 is 11.3 Å². The highest BCUT2D eigenvalue weighted by molar-refractivity contribution is 7.14. The van der Waals surface area contributed by atoms with E-state index in [2.05, 4.69) is 10.3 Å². The zero-order valence-electron chi connectivity index (χ0n) is 14.1. The Kier molecular flexibility index (Phi) is 5.00. The third-order valence-corrected chi connectivity index (χ3v) is 4.39. The average molecular weight is 353 g/mol. The zero-order chi connectivity index (χ0) is 17.8. The first-order valence-corrected chi connectivity index (χ1v) is 8.70. The van der Waals surface area contributed by atoms with Crippen molar-refractivity contribution in [1.29, 1.82) is 0 Å². The van der Waals surface area contributed by atoms with Crippen molar-refractivity contribution in [3.8, 4) is 17.0 Å². The number of aryl methyl sites for hydroxylation is 2. The molecule has 128 valence electrons. The summed E-state index contributed by atoms with van der Waals surface area (Å²) in [5.41, 5.74) is 10.3. The van der Waals surface area contributed by atoms with Crippen LogP contribution in [0.25, 0.3) is 11.3 Å². The first kappa shape index (κ1) is 17.0. The summed E-state index contributed by atoms with van der Waals surface area (Å²) in [7, 11) is 0. The molecular weight excluding hydrogens is 334 g/mol. The van der Waals surface area contributed by atoms with Gasteiger partial charge in [-0.15, -0.1) is 11.3 Å². The topological polar surface area (TPSA) is 77.2 Å². The first-order chi connectivity index (χ1) is 12.0. The summed E-state index contributed by atoms with van der Waals surface area (Å²) in [6.07, 6.45) is 0. The Bertz CT molecular complexity index is 905. The van der Waals surface area contributed by atoms with Crippen molar-refractivity contribution in [3.05, 3.63) is 59.0 Å². The molecule has 0 atom stereocenters. The minimum atomic E-state index is -0.241. The van der Waals surface area contributed by atoms with E-state index in [0.29, 0.717) is 10.8 Å². The number of nitrogen functional groups attached to an aromatic ring is 1. The first-order valence-electron chi connectivity index (χ1n) is 7.82. The Morgan fingerprint density at radius 1 is 1.24 bits per heavy atom. The van der Waals surface area contributed by atoms with E-state index in [4.69, 9.17) is 10.5 Å². The number of nitrogens with zero attached hydrogens (tertiary/aromatic N) is 1. The van der Waals surface area contributed by atoms with E-state index in [1.165, 1.54) is 11.3 Å². The van der Waals surface area contributed by atoms with Gasteiger partial charge in [0, 0.05) is 16.6 Å². The van der Waals surface area contributed by atoms with E-state index in [1.807, 2.05) is 61.7 Å². The number of carbonyl (C=O) groups is 1. The molecule has 2 aromatic carbocycles. The Hall–Kier alpha value is -2.86. The lowest BCUT2D eigenvalue weighted by Crippen LogP contribution is -2.20. The number of thiazole rings is 1. The fourth-order valence-corrected chi connectivity index (χ4v) is 3.06. The van der Waals surface area contributed by atoms with Gasteiger partial charge in [-0.05, 0) is 43.2 Å². The van der Waals surface area contributed by atoms with E-state index in [0.717, 1.165) is 28.1 Å². The van der Waals surface area contributed by atoms with Crippen LogP contribution in [0.15, 0.2) is 47.8 Å². The number of hydrogen-bond donors (Lipinski definition) is 2. The van der Waals surface area contributed by atoms with E-state index >= 15 is 0 Å². The van der Waals surface area contributed by atoms with E-state index in [-0.39, 0.29) is 12.5 Å². The minimum Gasteiger partial charge on any atom is -0.483 e. The molecule has 0 aliphatic heterocycles. The SMILES string of the molecule is Cc1ccc(C)c(OCC(=O)Nc2nc(-c3cccc(N)c3)cs2)c1. The maximum Gasteiger partial charge on any atom is 0.264 e. The molecule has 3 rings (SSSR count). The molecule has 25 heavy (non-hydrogen) atoms. The van der Waals surface area contributed by atoms with Crippen LogP contribution in [0.4, 0.5) is 10.8 Å². The van der Waals surface area contributed by atoms with Gasteiger partial charge in [0.05, 0.1) is 5.69 Å². The van der Waals surface area contributed by atoms with Gasteiger partial charge in [0.2, 0.25) is 0 Å². The summed E-state index contributed by atoms with van der Waals surface area (Å²) in [4.78, 5) is 16.5. The fourth-order valence-electron chi connectivity index (χ4n) is 2.32. The van der Waals surface area contributed by atoms with Crippen molar-refractivity contribution in [3.63, 3.8) is 0 Å². The van der Waals surface area contributed by atoms with Crippen molar-refractivity contribution in [2.45, 2.75) is 13.8 Å². The van der Waals surface area contributed by atoms with Gasteiger partial charge in [0.1, 0.15) is 5.75 Å². The Morgan fingerprint density at radius 2 is 2.08 bits per heavy atom. The monoisotopic (exact) mass is 353 g/mol. The number of nitrogens with two attached hydrogens (primary N) is 1. The molecule has 1 amide bonds. The number of amides is 1. The van der Waals surface area contributed by atoms with Crippen molar-refractivity contribution >= 4 is 28.1 Å². The largest absolute Gasteiger partial charge is 0.483 e. The van der Waals surface area contributed by atoms with Crippen LogP contribution < -0.4 is 15.8 Å². The molecule has 3 aromatic rings. The molecule has 0 saturated heterocycles. The second kappa shape index (κ2) is 7.36. The summed E-state index contributed by atoms with van der Waals surface area (Å²) < 4.78 is 5.61. The molecule has 5 nitrogen and oxygen atoms in total. The van der Waals surface area contributed by atoms with E-state index in [9.17, 15) is 4.79 Å². The predicted octanol–water partition coefficient (Wildman–Crippen LogP) is 4.03. The van der Waals surface area contributed by atoms with Crippen LogP contribution in [0, 0.1) is 13.8 Å². The maximum atomic E-state index is 12.1. The van der Waals surface area contributed by atoms with Crippen molar-refractivity contribution in [2.24, 2.45) is 0 Å². The molecule has 1 heterocycles. The summed E-state index contributed by atoms with van der Waals surface area (Å²) >= 11 is 1.37. The summed E-state index contributed by atoms with van der Waals surface area (Å²) in [5, 5.41) is 5.18. The number of rotatable bonds is 5. The Labute approximate surface area is 150 Å². The molecule has 1 aromatic heterocycles. The summed E-state index contributed by atoms with van der Waals surface area (Å²) in [6.45, 7) is 3.88. The number of aromatic nitrogens is 1. The van der Waals surface area contributed by atoms with Crippen LogP contribution in [-0.2, 0) is 4.79 Å². The van der Waals surface area contributed by atoms with Crippen molar-refractivity contribution in [2.75, 3.05) is 17.7 Å². The highest BCUT2D eigenvalue weighted by atomic mass is 32.1. The second-order valence-corrected chi connectivity index (χ2v) is 6.63. The number of ether oxygens (including phenoxy) is 1.